The van der Waals surface area contributed by atoms with Crippen LogP contribution in [0.25, 0.3) is 10.9 Å². The van der Waals surface area contributed by atoms with Crippen molar-refractivity contribution in [2.75, 3.05) is 51.8 Å². The quantitative estimate of drug-likeness (QED) is 0.574. The molecular formula is C22H29FN3O6P. The number of nitrogens with zero attached hydrogens (tertiary/aromatic N) is 3. The Morgan fingerprint density at radius 2 is 1.85 bits per heavy atom. The van der Waals surface area contributed by atoms with Gasteiger partial charge in [-0.3, -0.25) is 14.3 Å². The molecule has 33 heavy (non-hydrogen) atoms. The summed E-state index contributed by atoms with van der Waals surface area (Å²) < 4.78 is 39.6. The SMILES string of the molecule is COP(=O)(OC)C(C)CN1CCN(c2cc3c(cc2F)c(=O)c(C(=O)O)cn3C2CC2)CC1. The van der Waals surface area contributed by atoms with Gasteiger partial charge in [0.05, 0.1) is 16.9 Å². The highest BCUT2D eigenvalue weighted by molar-refractivity contribution is 7.54. The minimum atomic E-state index is -3.16. The molecule has 1 saturated carbocycles. The van der Waals surface area contributed by atoms with Gasteiger partial charge in [0.2, 0.25) is 5.43 Å². The van der Waals surface area contributed by atoms with Gasteiger partial charge in [-0.05, 0) is 31.9 Å². The standard InChI is InChI=1S/C22H29FN3O6P/c1-14(33(30,31-2)32-3)12-24-6-8-25(9-7-24)20-11-19-16(10-18(20)23)21(27)17(22(28)29)13-26(19)15-4-5-15/h10-11,13-15H,4-9,12H2,1-3H3,(H,28,29). The van der Waals surface area contributed by atoms with E-state index in [9.17, 15) is 19.3 Å². The van der Waals surface area contributed by atoms with Crippen molar-refractivity contribution in [2.24, 2.45) is 0 Å². The zero-order valence-corrected chi connectivity index (χ0v) is 19.9. The number of carbonyl (C=O) groups is 1. The van der Waals surface area contributed by atoms with Crippen LogP contribution in [0.4, 0.5) is 10.1 Å². The van der Waals surface area contributed by atoms with Crippen molar-refractivity contribution < 1.29 is 27.9 Å². The smallest absolute Gasteiger partial charge is 0.341 e. The Morgan fingerprint density at radius 3 is 2.39 bits per heavy atom. The third-order valence-corrected chi connectivity index (χ3v) is 8.82. The van der Waals surface area contributed by atoms with Crippen molar-refractivity contribution in [3.05, 3.63) is 39.9 Å². The van der Waals surface area contributed by atoms with Crippen LogP contribution >= 0.6 is 7.60 Å². The number of benzene rings is 1. The van der Waals surface area contributed by atoms with E-state index >= 15 is 4.39 Å². The number of piperazine rings is 1. The molecule has 2 aromatic rings. The Kier molecular flexibility index (Phi) is 6.64. The average molecular weight is 481 g/mol. The lowest BCUT2D eigenvalue weighted by atomic mass is 10.1. The fraction of sp³-hybridized carbons (Fsp3) is 0.545. The number of pyridine rings is 1. The zero-order valence-electron chi connectivity index (χ0n) is 19.0. The third kappa shape index (κ3) is 4.57. The molecule has 0 bridgehead atoms. The molecule has 1 unspecified atom stereocenters. The summed E-state index contributed by atoms with van der Waals surface area (Å²) in [6, 6.07) is 2.96. The number of anilines is 1. The fourth-order valence-corrected chi connectivity index (χ4v) is 5.79. The highest BCUT2D eigenvalue weighted by Gasteiger charge is 2.33. The summed E-state index contributed by atoms with van der Waals surface area (Å²) in [6.07, 6.45) is 3.18. The van der Waals surface area contributed by atoms with Crippen molar-refractivity contribution in [2.45, 2.75) is 31.5 Å². The van der Waals surface area contributed by atoms with E-state index in [1.54, 1.807) is 10.6 Å². The number of hydrogen-bond donors (Lipinski definition) is 1. The Bertz CT molecular complexity index is 1160. The van der Waals surface area contributed by atoms with Crippen LogP contribution in [0, 0.1) is 5.82 Å². The molecule has 1 aliphatic carbocycles. The fourth-order valence-electron chi connectivity index (χ4n) is 4.49. The highest BCUT2D eigenvalue weighted by Crippen LogP contribution is 2.51. The van der Waals surface area contributed by atoms with Gasteiger partial charge in [-0.1, -0.05) is 0 Å². The van der Waals surface area contributed by atoms with E-state index in [1.165, 1.54) is 26.5 Å². The number of carboxylic acid groups (broad SMARTS) is 1. The molecular weight excluding hydrogens is 452 g/mol. The summed E-state index contributed by atoms with van der Waals surface area (Å²) in [4.78, 5) is 28.2. The third-order valence-electron chi connectivity index (χ3n) is 6.56. The molecule has 2 heterocycles. The number of halogens is 1. The molecule has 1 aliphatic heterocycles. The first-order valence-corrected chi connectivity index (χ1v) is 12.6. The Morgan fingerprint density at radius 1 is 1.21 bits per heavy atom. The molecule has 9 nitrogen and oxygen atoms in total. The first kappa shape index (κ1) is 23.9. The largest absolute Gasteiger partial charge is 0.477 e. The maximum absolute atomic E-state index is 15.1. The maximum atomic E-state index is 15.1. The minimum absolute atomic E-state index is 0.0883. The molecule has 180 valence electrons. The maximum Gasteiger partial charge on any atom is 0.341 e. The predicted octanol–water partition coefficient (Wildman–Crippen LogP) is 3.17. The number of hydrogen-bond acceptors (Lipinski definition) is 7. The molecule has 0 spiro atoms. The van der Waals surface area contributed by atoms with E-state index in [-0.39, 0.29) is 22.7 Å². The van der Waals surface area contributed by atoms with E-state index in [4.69, 9.17) is 9.05 Å². The molecule has 2 aliphatic rings. The van der Waals surface area contributed by atoms with Gasteiger partial charge in [0.1, 0.15) is 11.4 Å². The van der Waals surface area contributed by atoms with Crippen LogP contribution in [-0.2, 0) is 13.6 Å². The molecule has 1 aromatic heterocycles. The van der Waals surface area contributed by atoms with Gasteiger partial charge in [0, 0.05) is 64.6 Å². The summed E-state index contributed by atoms with van der Waals surface area (Å²) in [6.45, 7) is 4.75. The molecule has 1 saturated heterocycles. The van der Waals surface area contributed by atoms with Crippen LogP contribution in [0.1, 0.15) is 36.2 Å². The summed E-state index contributed by atoms with van der Waals surface area (Å²) in [5.74, 6) is -1.85. The Hall–Kier alpha value is -2.26. The van der Waals surface area contributed by atoms with Gasteiger partial charge in [-0.25, -0.2) is 9.18 Å². The van der Waals surface area contributed by atoms with Crippen LogP contribution in [0.3, 0.4) is 0 Å². The van der Waals surface area contributed by atoms with E-state index in [2.05, 4.69) is 4.90 Å². The van der Waals surface area contributed by atoms with Gasteiger partial charge in [-0.15, -0.1) is 0 Å². The number of fused-ring (bicyclic) bond motifs is 1. The van der Waals surface area contributed by atoms with Crippen molar-refractivity contribution >= 4 is 30.2 Å². The van der Waals surface area contributed by atoms with Crippen molar-refractivity contribution in [3.8, 4) is 0 Å². The van der Waals surface area contributed by atoms with Crippen LogP contribution in [-0.4, -0.2) is 73.1 Å². The molecule has 2 fully saturated rings. The van der Waals surface area contributed by atoms with Gasteiger partial charge in [-0.2, -0.15) is 0 Å². The van der Waals surface area contributed by atoms with Crippen LogP contribution in [0.5, 0.6) is 0 Å². The van der Waals surface area contributed by atoms with Crippen LogP contribution in [0.15, 0.2) is 23.1 Å². The second kappa shape index (κ2) is 9.18. The normalized spacial score (nSPS) is 18.6. The van der Waals surface area contributed by atoms with Crippen molar-refractivity contribution in [3.63, 3.8) is 0 Å². The molecule has 1 aromatic carbocycles. The Labute approximate surface area is 191 Å². The molecule has 0 amide bonds. The van der Waals surface area contributed by atoms with E-state index in [0.717, 1.165) is 12.8 Å². The second-order valence-corrected chi connectivity index (χ2v) is 11.4. The van der Waals surface area contributed by atoms with Crippen molar-refractivity contribution in [1.82, 2.24) is 9.47 Å². The highest BCUT2D eigenvalue weighted by atomic mass is 31.2. The summed E-state index contributed by atoms with van der Waals surface area (Å²) in [5.41, 5.74) is -0.353. The molecule has 0 radical (unpaired) electrons. The summed E-state index contributed by atoms with van der Waals surface area (Å²) in [5, 5.41) is 9.48. The summed E-state index contributed by atoms with van der Waals surface area (Å²) in [7, 11) is -0.408. The first-order chi connectivity index (χ1) is 15.7. The van der Waals surface area contributed by atoms with Gasteiger partial charge in [0.15, 0.2) is 0 Å². The van der Waals surface area contributed by atoms with E-state index in [1.807, 2.05) is 11.8 Å². The number of aromatic carboxylic acids is 1. The minimum Gasteiger partial charge on any atom is -0.477 e. The zero-order chi connectivity index (χ0) is 23.9. The lowest BCUT2D eigenvalue weighted by Gasteiger charge is -2.38. The van der Waals surface area contributed by atoms with Crippen molar-refractivity contribution in [1.29, 1.82) is 0 Å². The molecule has 4 rings (SSSR count). The predicted molar refractivity (Wildman–Crippen MR) is 123 cm³/mol. The lowest BCUT2D eigenvalue weighted by molar-refractivity contribution is 0.0694. The Balaban J connectivity index is 1.57. The molecule has 1 N–H and O–H groups in total. The molecule has 1 atom stereocenters. The summed E-state index contributed by atoms with van der Waals surface area (Å²) >= 11 is 0. The first-order valence-electron chi connectivity index (χ1n) is 11.0. The number of aromatic nitrogens is 1. The topological polar surface area (TPSA) is 101 Å². The average Bonchev–Trinajstić information content (AvgIpc) is 3.64. The van der Waals surface area contributed by atoms with Gasteiger partial charge in [0.25, 0.3) is 0 Å². The lowest BCUT2D eigenvalue weighted by Crippen LogP contribution is -2.48. The van der Waals surface area contributed by atoms with Gasteiger partial charge < -0.3 is 23.6 Å². The number of rotatable bonds is 8. The van der Waals surface area contributed by atoms with E-state index in [0.29, 0.717) is 43.9 Å². The van der Waals surface area contributed by atoms with Gasteiger partial charge >= 0.3 is 13.6 Å². The van der Waals surface area contributed by atoms with E-state index < -0.39 is 24.8 Å². The molecule has 11 heteroatoms. The number of carboxylic acids is 1. The van der Waals surface area contributed by atoms with Crippen LogP contribution in [0.2, 0.25) is 0 Å². The second-order valence-electron chi connectivity index (χ2n) is 8.68. The monoisotopic (exact) mass is 481 g/mol. The van der Waals surface area contributed by atoms with Crippen LogP contribution < -0.4 is 10.3 Å².